The quantitative estimate of drug-likeness (QED) is 0.571. The van der Waals surface area contributed by atoms with Gasteiger partial charge in [-0.1, -0.05) is 23.9 Å². The van der Waals surface area contributed by atoms with Crippen LogP contribution in [0.25, 0.3) is 10.9 Å². The van der Waals surface area contributed by atoms with Crippen molar-refractivity contribution in [3.05, 3.63) is 54.4 Å². The lowest BCUT2D eigenvalue weighted by Crippen LogP contribution is -2.14. The van der Waals surface area contributed by atoms with Crippen molar-refractivity contribution in [3.8, 4) is 0 Å². The third-order valence-corrected chi connectivity index (χ3v) is 4.67. The summed E-state index contributed by atoms with van der Waals surface area (Å²) in [6.45, 7) is 1.50. The van der Waals surface area contributed by atoms with E-state index in [9.17, 15) is 9.59 Å². The van der Waals surface area contributed by atoms with E-state index in [1.54, 1.807) is 30.5 Å². The molecular weight excluding hydrogens is 322 g/mol. The number of nitrogens with one attached hydrogen (secondary N) is 1. The Labute approximate surface area is 144 Å². The molecule has 0 aliphatic carbocycles. The fourth-order valence-electron chi connectivity index (χ4n) is 2.44. The number of amides is 1. The molecule has 0 aliphatic heterocycles. The van der Waals surface area contributed by atoms with Crippen LogP contribution >= 0.6 is 11.8 Å². The molecule has 2 heterocycles. The van der Waals surface area contributed by atoms with Crippen molar-refractivity contribution in [2.24, 2.45) is 7.05 Å². The van der Waals surface area contributed by atoms with Crippen molar-refractivity contribution in [3.63, 3.8) is 0 Å². The van der Waals surface area contributed by atoms with Crippen molar-refractivity contribution in [2.45, 2.75) is 11.9 Å². The van der Waals surface area contributed by atoms with Gasteiger partial charge in [-0.2, -0.15) is 0 Å². The number of hydrogen-bond acceptors (Lipinski definition) is 4. The average Bonchev–Trinajstić information content (AvgIpc) is 2.95. The lowest BCUT2D eigenvalue weighted by atomic mass is 10.1. The molecule has 5 nitrogen and oxygen atoms in total. The number of pyridine rings is 1. The van der Waals surface area contributed by atoms with E-state index in [1.165, 1.54) is 18.7 Å². The van der Waals surface area contributed by atoms with Gasteiger partial charge in [-0.05, 0) is 31.2 Å². The minimum atomic E-state index is -0.129. The average molecular weight is 339 g/mol. The second-order valence-electron chi connectivity index (χ2n) is 5.45. The fraction of sp³-hybridized carbons (Fsp3) is 0.167. The monoisotopic (exact) mass is 339 g/mol. The number of ketones is 1. The Morgan fingerprint density at radius 2 is 2.08 bits per heavy atom. The molecule has 0 saturated carbocycles. The summed E-state index contributed by atoms with van der Waals surface area (Å²) in [7, 11) is 1.98. The Bertz CT molecular complexity index is 918. The number of Topliss-reactive ketones (excluding diaryl/α,β-unsaturated/α-hetero) is 1. The lowest BCUT2D eigenvalue weighted by molar-refractivity contribution is -0.113. The molecular formula is C18H17N3O2S. The van der Waals surface area contributed by atoms with E-state index in [1.807, 2.05) is 29.9 Å². The molecule has 1 N–H and O–H groups in total. The first-order valence-electron chi connectivity index (χ1n) is 7.48. The van der Waals surface area contributed by atoms with Crippen LogP contribution in [0.5, 0.6) is 0 Å². The predicted molar refractivity (Wildman–Crippen MR) is 96.5 cm³/mol. The Hall–Kier alpha value is -2.60. The SMILES string of the molecule is CC(=O)c1cccc(NC(=O)CSc2nccc3c2ccn3C)c1. The molecule has 3 aromatic rings. The van der Waals surface area contributed by atoms with Crippen molar-refractivity contribution in [1.82, 2.24) is 9.55 Å². The van der Waals surface area contributed by atoms with E-state index in [4.69, 9.17) is 0 Å². The number of anilines is 1. The Morgan fingerprint density at radius 3 is 2.88 bits per heavy atom. The number of carbonyl (C=O) groups is 2. The number of carbonyl (C=O) groups excluding carboxylic acids is 2. The Morgan fingerprint density at radius 1 is 1.25 bits per heavy atom. The van der Waals surface area contributed by atoms with Crippen LogP contribution in [0.15, 0.2) is 53.8 Å². The van der Waals surface area contributed by atoms with Crippen molar-refractivity contribution >= 4 is 40.0 Å². The number of fused-ring (bicyclic) bond motifs is 1. The molecule has 0 unspecified atom stereocenters. The maximum atomic E-state index is 12.2. The second kappa shape index (κ2) is 6.88. The standard InChI is InChI=1S/C18H17N3O2S/c1-12(22)13-4-3-5-14(10-13)20-17(23)11-24-18-15-7-9-21(2)16(15)6-8-19-18/h3-10H,11H2,1-2H3,(H,20,23). The van der Waals surface area contributed by atoms with Gasteiger partial charge in [0.25, 0.3) is 0 Å². The number of rotatable bonds is 5. The zero-order valence-electron chi connectivity index (χ0n) is 13.4. The summed E-state index contributed by atoms with van der Waals surface area (Å²) in [6, 6.07) is 10.9. The van der Waals surface area contributed by atoms with E-state index in [0.717, 1.165) is 15.9 Å². The maximum Gasteiger partial charge on any atom is 0.234 e. The van der Waals surface area contributed by atoms with Crippen molar-refractivity contribution in [1.29, 1.82) is 0 Å². The van der Waals surface area contributed by atoms with Crippen LogP contribution in [0.4, 0.5) is 5.69 Å². The lowest BCUT2D eigenvalue weighted by Gasteiger charge is -2.07. The summed E-state index contributed by atoms with van der Waals surface area (Å²) >= 11 is 1.40. The first-order valence-corrected chi connectivity index (χ1v) is 8.47. The van der Waals surface area contributed by atoms with Crippen LogP contribution in [-0.4, -0.2) is 27.0 Å². The topological polar surface area (TPSA) is 64.0 Å². The van der Waals surface area contributed by atoms with Gasteiger partial charge in [0.1, 0.15) is 5.03 Å². The van der Waals surface area contributed by atoms with Crippen LogP contribution in [0.1, 0.15) is 17.3 Å². The highest BCUT2D eigenvalue weighted by atomic mass is 32.2. The molecule has 2 aromatic heterocycles. The molecule has 0 atom stereocenters. The summed E-state index contributed by atoms with van der Waals surface area (Å²) in [5, 5.41) is 4.69. The summed E-state index contributed by atoms with van der Waals surface area (Å²) in [5.74, 6) is 0.0987. The summed E-state index contributed by atoms with van der Waals surface area (Å²) in [6.07, 6.45) is 3.72. The van der Waals surface area contributed by atoms with E-state index in [2.05, 4.69) is 10.3 Å². The minimum Gasteiger partial charge on any atom is -0.350 e. The zero-order valence-corrected chi connectivity index (χ0v) is 14.3. The van der Waals surface area contributed by atoms with Gasteiger partial charge in [-0.15, -0.1) is 0 Å². The zero-order chi connectivity index (χ0) is 17.1. The second-order valence-corrected chi connectivity index (χ2v) is 6.41. The normalized spacial score (nSPS) is 10.8. The Kier molecular flexibility index (Phi) is 4.66. The van der Waals surface area contributed by atoms with Gasteiger partial charge in [0.15, 0.2) is 5.78 Å². The van der Waals surface area contributed by atoms with Gasteiger partial charge < -0.3 is 9.88 Å². The van der Waals surface area contributed by atoms with E-state index < -0.39 is 0 Å². The Balaban J connectivity index is 1.67. The number of nitrogens with zero attached hydrogens (tertiary/aromatic N) is 2. The first kappa shape index (κ1) is 16.3. The molecule has 1 aromatic carbocycles. The molecule has 24 heavy (non-hydrogen) atoms. The van der Waals surface area contributed by atoms with Gasteiger partial charge in [-0.25, -0.2) is 4.98 Å². The van der Waals surface area contributed by atoms with Crippen LogP contribution < -0.4 is 5.32 Å². The molecule has 0 fully saturated rings. The first-order chi connectivity index (χ1) is 11.5. The highest BCUT2D eigenvalue weighted by molar-refractivity contribution is 8.00. The fourth-order valence-corrected chi connectivity index (χ4v) is 3.24. The molecule has 0 saturated heterocycles. The molecule has 0 radical (unpaired) electrons. The molecule has 0 bridgehead atoms. The maximum absolute atomic E-state index is 12.2. The highest BCUT2D eigenvalue weighted by Crippen LogP contribution is 2.26. The number of aryl methyl sites for hydroxylation is 1. The molecule has 0 spiro atoms. The van der Waals surface area contributed by atoms with E-state index >= 15 is 0 Å². The third-order valence-electron chi connectivity index (χ3n) is 3.67. The van der Waals surface area contributed by atoms with Gasteiger partial charge in [-0.3, -0.25) is 9.59 Å². The third kappa shape index (κ3) is 3.49. The molecule has 3 rings (SSSR count). The van der Waals surface area contributed by atoms with Gasteiger partial charge >= 0.3 is 0 Å². The van der Waals surface area contributed by atoms with Gasteiger partial charge in [0.2, 0.25) is 5.91 Å². The number of hydrogen-bond donors (Lipinski definition) is 1. The van der Waals surface area contributed by atoms with Crippen LogP contribution in [-0.2, 0) is 11.8 Å². The van der Waals surface area contributed by atoms with Crippen molar-refractivity contribution in [2.75, 3.05) is 11.1 Å². The van der Waals surface area contributed by atoms with Crippen LogP contribution in [0.3, 0.4) is 0 Å². The number of thioether (sulfide) groups is 1. The summed E-state index contributed by atoms with van der Waals surface area (Å²) in [5.41, 5.74) is 2.29. The summed E-state index contributed by atoms with van der Waals surface area (Å²) in [4.78, 5) is 27.9. The van der Waals surface area contributed by atoms with Gasteiger partial charge in [0, 0.05) is 36.1 Å². The highest BCUT2D eigenvalue weighted by Gasteiger charge is 2.10. The smallest absolute Gasteiger partial charge is 0.234 e. The van der Waals surface area contributed by atoms with Crippen LogP contribution in [0.2, 0.25) is 0 Å². The van der Waals surface area contributed by atoms with Gasteiger partial charge in [0.05, 0.1) is 11.3 Å². The molecule has 0 aliphatic rings. The van der Waals surface area contributed by atoms with E-state index in [-0.39, 0.29) is 17.4 Å². The number of benzene rings is 1. The molecule has 6 heteroatoms. The molecule has 1 amide bonds. The number of aromatic nitrogens is 2. The van der Waals surface area contributed by atoms with E-state index in [0.29, 0.717) is 11.3 Å². The summed E-state index contributed by atoms with van der Waals surface area (Å²) < 4.78 is 2.02. The predicted octanol–water partition coefficient (Wildman–Crippen LogP) is 3.51. The largest absolute Gasteiger partial charge is 0.350 e. The minimum absolute atomic E-state index is 0.0274. The van der Waals surface area contributed by atoms with Crippen LogP contribution in [0, 0.1) is 0 Å². The van der Waals surface area contributed by atoms with Crippen molar-refractivity contribution < 1.29 is 9.59 Å². The molecule has 122 valence electrons.